The molecule has 1 aromatic carbocycles. The molecule has 0 saturated carbocycles. The van der Waals surface area contributed by atoms with E-state index in [1.165, 1.54) is 49.0 Å². The Morgan fingerprint density at radius 1 is 1.21 bits per heavy atom. The number of hydrogen-bond acceptors (Lipinski definition) is 1. The van der Waals surface area contributed by atoms with Gasteiger partial charge in [-0.3, -0.25) is 4.90 Å². The van der Waals surface area contributed by atoms with Gasteiger partial charge in [0.15, 0.2) is 0 Å². The summed E-state index contributed by atoms with van der Waals surface area (Å²) < 4.78 is 0. The van der Waals surface area contributed by atoms with E-state index in [0.717, 1.165) is 0 Å². The largest absolute Gasteiger partial charge is 0.367 e. The van der Waals surface area contributed by atoms with E-state index in [0.29, 0.717) is 6.04 Å². The molecule has 0 saturated heterocycles. The number of fused-ring (bicyclic) bond motifs is 2. The van der Waals surface area contributed by atoms with Crippen molar-refractivity contribution in [3.8, 4) is 11.1 Å². The van der Waals surface area contributed by atoms with E-state index in [1.807, 2.05) is 0 Å². The average Bonchev–Trinajstić information content (AvgIpc) is 2.90. The summed E-state index contributed by atoms with van der Waals surface area (Å²) in [6.45, 7) is 4.72. The van der Waals surface area contributed by atoms with Gasteiger partial charge in [-0.1, -0.05) is 25.1 Å². The van der Waals surface area contributed by atoms with Crippen molar-refractivity contribution in [2.45, 2.75) is 32.2 Å². The molecule has 1 atom stereocenters. The van der Waals surface area contributed by atoms with E-state index >= 15 is 0 Å². The molecule has 4 rings (SSSR count). The van der Waals surface area contributed by atoms with Crippen LogP contribution in [0.15, 0.2) is 30.6 Å². The molecule has 0 radical (unpaired) electrons. The third kappa shape index (κ3) is 1.59. The van der Waals surface area contributed by atoms with E-state index in [1.54, 1.807) is 11.1 Å². The van der Waals surface area contributed by atoms with Crippen LogP contribution in [-0.2, 0) is 12.8 Å². The summed E-state index contributed by atoms with van der Waals surface area (Å²) >= 11 is 0. The monoisotopic (exact) mass is 252 g/mol. The van der Waals surface area contributed by atoms with E-state index in [4.69, 9.17) is 0 Å². The quantitative estimate of drug-likeness (QED) is 0.866. The van der Waals surface area contributed by atoms with Crippen molar-refractivity contribution in [1.82, 2.24) is 9.88 Å². The van der Waals surface area contributed by atoms with E-state index in [-0.39, 0.29) is 0 Å². The summed E-state index contributed by atoms with van der Waals surface area (Å²) in [5.74, 6) is 0. The number of nitrogens with zero attached hydrogens (tertiary/aromatic N) is 1. The third-order valence-electron chi connectivity index (χ3n) is 4.68. The number of H-pyrrole nitrogens is 1. The molecule has 0 bridgehead atoms. The summed E-state index contributed by atoms with van der Waals surface area (Å²) in [7, 11) is 0. The molecule has 1 aliphatic heterocycles. The first kappa shape index (κ1) is 11.3. The van der Waals surface area contributed by atoms with Crippen molar-refractivity contribution in [3.05, 3.63) is 47.3 Å². The van der Waals surface area contributed by atoms with Crippen molar-refractivity contribution in [2.75, 3.05) is 13.1 Å². The minimum absolute atomic E-state index is 0.600. The second kappa shape index (κ2) is 4.24. The lowest BCUT2D eigenvalue weighted by Gasteiger charge is -2.41. The van der Waals surface area contributed by atoms with Crippen molar-refractivity contribution in [2.24, 2.45) is 0 Å². The average molecular weight is 252 g/mol. The molecule has 19 heavy (non-hydrogen) atoms. The van der Waals surface area contributed by atoms with Gasteiger partial charge >= 0.3 is 0 Å². The zero-order valence-corrected chi connectivity index (χ0v) is 11.4. The Morgan fingerprint density at radius 2 is 2.16 bits per heavy atom. The first-order chi connectivity index (χ1) is 9.38. The van der Waals surface area contributed by atoms with Crippen molar-refractivity contribution < 1.29 is 0 Å². The van der Waals surface area contributed by atoms with Gasteiger partial charge in [-0.25, -0.2) is 0 Å². The van der Waals surface area contributed by atoms with Crippen LogP contribution in [0.1, 0.15) is 36.1 Å². The Labute approximate surface area is 114 Å². The highest BCUT2D eigenvalue weighted by molar-refractivity contribution is 5.75. The second-order valence-corrected chi connectivity index (χ2v) is 5.78. The number of hydrogen-bond donors (Lipinski definition) is 1. The molecule has 2 heteroatoms. The first-order valence-electron chi connectivity index (χ1n) is 7.40. The number of aromatic amines is 1. The Hall–Kier alpha value is -1.54. The first-order valence-corrected chi connectivity index (χ1v) is 7.40. The van der Waals surface area contributed by atoms with Crippen LogP contribution in [0.5, 0.6) is 0 Å². The van der Waals surface area contributed by atoms with Crippen LogP contribution in [0.3, 0.4) is 0 Å². The number of benzene rings is 1. The topological polar surface area (TPSA) is 19.0 Å². The van der Waals surface area contributed by atoms with Gasteiger partial charge in [-0.05, 0) is 48.1 Å². The van der Waals surface area contributed by atoms with E-state index in [9.17, 15) is 0 Å². The third-order valence-corrected chi connectivity index (χ3v) is 4.68. The van der Waals surface area contributed by atoms with E-state index in [2.05, 4.69) is 47.4 Å². The fourth-order valence-corrected chi connectivity index (χ4v) is 3.87. The molecule has 0 spiro atoms. The zero-order valence-electron chi connectivity index (χ0n) is 11.4. The Kier molecular flexibility index (Phi) is 2.52. The number of aromatic nitrogens is 1. The molecule has 2 aliphatic rings. The van der Waals surface area contributed by atoms with Crippen molar-refractivity contribution in [3.63, 3.8) is 0 Å². The van der Waals surface area contributed by atoms with Crippen molar-refractivity contribution >= 4 is 0 Å². The van der Waals surface area contributed by atoms with Crippen LogP contribution < -0.4 is 0 Å². The number of nitrogens with one attached hydrogen (secondary N) is 1. The van der Waals surface area contributed by atoms with Gasteiger partial charge in [0.1, 0.15) is 0 Å². The molecule has 0 fully saturated rings. The van der Waals surface area contributed by atoms with Crippen LogP contribution in [-0.4, -0.2) is 23.0 Å². The highest BCUT2D eigenvalue weighted by Crippen LogP contribution is 2.44. The maximum Gasteiger partial charge on any atom is 0.0398 e. The van der Waals surface area contributed by atoms with Crippen LogP contribution >= 0.6 is 0 Å². The summed E-state index contributed by atoms with van der Waals surface area (Å²) in [4.78, 5) is 5.98. The van der Waals surface area contributed by atoms with Gasteiger partial charge in [-0.15, -0.1) is 0 Å². The lowest BCUT2D eigenvalue weighted by molar-refractivity contribution is 0.183. The standard InChI is InChI=1S/C17H20N2/c1-2-7-19-8-6-12-4-3-5-14-15-11-18-10-13(15)9-16(19)17(12)14/h3-5,10-11,16,18H,2,6-9H2,1H3. The van der Waals surface area contributed by atoms with Crippen LogP contribution in [0.4, 0.5) is 0 Å². The summed E-state index contributed by atoms with van der Waals surface area (Å²) in [5, 5.41) is 0. The molecule has 2 heterocycles. The lowest BCUT2D eigenvalue weighted by atomic mass is 9.78. The molecule has 1 unspecified atom stereocenters. The maximum absolute atomic E-state index is 3.29. The number of rotatable bonds is 2. The fraction of sp³-hybridized carbons (Fsp3) is 0.412. The summed E-state index contributed by atoms with van der Waals surface area (Å²) in [6, 6.07) is 7.45. The molecule has 2 aromatic rings. The van der Waals surface area contributed by atoms with Gasteiger partial charge in [0.2, 0.25) is 0 Å². The fourth-order valence-electron chi connectivity index (χ4n) is 3.87. The molecule has 2 nitrogen and oxygen atoms in total. The maximum atomic E-state index is 3.29. The zero-order chi connectivity index (χ0) is 12.8. The molecule has 1 N–H and O–H groups in total. The molecule has 1 aliphatic carbocycles. The SMILES string of the molecule is CCCN1CCc2cccc3c2C1Cc1c[nH]cc1-3. The Morgan fingerprint density at radius 3 is 3.05 bits per heavy atom. The summed E-state index contributed by atoms with van der Waals surface area (Å²) in [6.07, 6.45) is 7.97. The minimum atomic E-state index is 0.600. The van der Waals surface area contributed by atoms with Crippen LogP contribution in [0.2, 0.25) is 0 Å². The Balaban J connectivity index is 1.90. The molecular weight excluding hydrogens is 232 g/mol. The lowest BCUT2D eigenvalue weighted by Crippen LogP contribution is -2.38. The van der Waals surface area contributed by atoms with Crippen molar-refractivity contribution in [1.29, 1.82) is 0 Å². The molecule has 1 aromatic heterocycles. The van der Waals surface area contributed by atoms with Gasteiger partial charge < -0.3 is 4.98 Å². The van der Waals surface area contributed by atoms with Crippen LogP contribution in [0.25, 0.3) is 11.1 Å². The van der Waals surface area contributed by atoms with Gasteiger partial charge in [0, 0.05) is 30.5 Å². The minimum Gasteiger partial charge on any atom is -0.367 e. The smallest absolute Gasteiger partial charge is 0.0398 e. The predicted octanol–water partition coefficient (Wildman–Crippen LogP) is 3.55. The molecular formula is C17H20N2. The second-order valence-electron chi connectivity index (χ2n) is 5.78. The predicted molar refractivity (Wildman–Crippen MR) is 78.2 cm³/mol. The van der Waals surface area contributed by atoms with E-state index < -0.39 is 0 Å². The highest BCUT2D eigenvalue weighted by Gasteiger charge is 2.33. The van der Waals surface area contributed by atoms with Gasteiger partial charge in [0.25, 0.3) is 0 Å². The molecule has 0 amide bonds. The highest BCUT2D eigenvalue weighted by atomic mass is 15.2. The van der Waals surface area contributed by atoms with Gasteiger partial charge in [-0.2, -0.15) is 0 Å². The van der Waals surface area contributed by atoms with Crippen LogP contribution in [0, 0.1) is 0 Å². The van der Waals surface area contributed by atoms with Gasteiger partial charge in [0.05, 0.1) is 0 Å². The Bertz CT molecular complexity index is 611. The normalized spacial score (nSPS) is 21.0. The summed E-state index contributed by atoms with van der Waals surface area (Å²) in [5.41, 5.74) is 7.55. The molecule has 98 valence electrons.